The van der Waals surface area contributed by atoms with Gasteiger partial charge in [-0.1, -0.05) is 35.0 Å². The number of rotatable bonds is 5. The van der Waals surface area contributed by atoms with E-state index >= 15 is 0 Å². The van der Waals surface area contributed by atoms with Gasteiger partial charge in [0.15, 0.2) is 0 Å². The second-order valence-corrected chi connectivity index (χ2v) is 7.12. The average Bonchev–Trinajstić information content (AvgIpc) is 3.07. The Morgan fingerprint density at radius 2 is 1.96 bits per heavy atom. The zero-order valence-corrected chi connectivity index (χ0v) is 15.3. The van der Waals surface area contributed by atoms with Crippen molar-refractivity contribution in [3.63, 3.8) is 0 Å². The fraction of sp³-hybridized carbons (Fsp3) is 0.125. The van der Waals surface area contributed by atoms with Crippen molar-refractivity contribution in [3.05, 3.63) is 52.8 Å². The van der Waals surface area contributed by atoms with Crippen molar-refractivity contribution < 1.29 is 9.21 Å². The van der Waals surface area contributed by atoms with Crippen molar-refractivity contribution in [2.75, 3.05) is 5.32 Å². The van der Waals surface area contributed by atoms with Crippen molar-refractivity contribution >= 4 is 46.6 Å². The number of hydrogen-bond donors (Lipinski definition) is 1. The highest BCUT2D eigenvalue weighted by Crippen LogP contribution is 2.29. The highest BCUT2D eigenvalue weighted by Gasteiger charge is 2.19. The van der Waals surface area contributed by atoms with E-state index in [1.165, 1.54) is 0 Å². The number of carbonyl (C=O) groups is 1. The second kappa shape index (κ2) is 7.86. The van der Waals surface area contributed by atoms with E-state index in [9.17, 15) is 4.79 Å². The Bertz CT molecular complexity index is 889. The molecule has 2 heterocycles. The summed E-state index contributed by atoms with van der Waals surface area (Å²) in [5, 5.41) is 11.4. The molecule has 0 fully saturated rings. The Morgan fingerprint density at radius 1 is 1.20 bits per heavy atom. The molecule has 1 aromatic carbocycles. The number of anilines is 1. The Hall–Kier alpha value is -2.09. The molecule has 1 unspecified atom stereocenters. The summed E-state index contributed by atoms with van der Waals surface area (Å²) in [5.74, 6) is 0.119. The number of nitrogens with one attached hydrogen (secondary N) is 1. The lowest BCUT2D eigenvalue weighted by Gasteiger charge is -2.11. The van der Waals surface area contributed by atoms with Gasteiger partial charge in [-0.05, 0) is 37.3 Å². The summed E-state index contributed by atoms with van der Waals surface area (Å²) in [5.41, 5.74) is 1.21. The molecule has 0 aliphatic rings. The summed E-state index contributed by atoms with van der Waals surface area (Å²) in [4.78, 5) is 16.3. The van der Waals surface area contributed by atoms with Crippen molar-refractivity contribution in [2.24, 2.45) is 0 Å². The van der Waals surface area contributed by atoms with Crippen molar-refractivity contribution in [2.45, 2.75) is 17.4 Å². The monoisotopic (exact) mass is 394 g/mol. The molecule has 128 valence electrons. The second-order valence-electron chi connectivity index (χ2n) is 4.98. The van der Waals surface area contributed by atoms with E-state index in [0.717, 1.165) is 17.3 Å². The maximum absolute atomic E-state index is 12.3. The minimum atomic E-state index is -0.471. The van der Waals surface area contributed by atoms with E-state index in [0.29, 0.717) is 26.8 Å². The molecule has 1 atom stereocenters. The van der Waals surface area contributed by atoms with Crippen LogP contribution in [-0.4, -0.2) is 26.3 Å². The Morgan fingerprint density at radius 3 is 2.72 bits per heavy atom. The van der Waals surface area contributed by atoms with E-state index in [-0.39, 0.29) is 5.91 Å². The van der Waals surface area contributed by atoms with E-state index in [2.05, 4.69) is 20.5 Å². The number of hydrogen-bond acceptors (Lipinski definition) is 6. The lowest BCUT2D eigenvalue weighted by Crippen LogP contribution is -2.22. The summed E-state index contributed by atoms with van der Waals surface area (Å²) >= 11 is 13.1. The minimum Gasteiger partial charge on any atom is -0.411 e. The molecule has 9 heteroatoms. The summed E-state index contributed by atoms with van der Waals surface area (Å²) in [6.45, 7) is 1.73. The average molecular weight is 395 g/mol. The number of halogens is 2. The molecule has 0 aliphatic heterocycles. The molecule has 0 saturated carbocycles. The molecular weight excluding hydrogens is 383 g/mol. The minimum absolute atomic E-state index is 0.252. The molecule has 3 rings (SSSR count). The fourth-order valence-electron chi connectivity index (χ4n) is 1.90. The van der Waals surface area contributed by atoms with Gasteiger partial charge in [-0.3, -0.25) is 9.78 Å². The molecule has 3 aromatic rings. The van der Waals surface area contributed by atoms with E-state index in [1.54, 1.807) is 49.6 Å². The Labute approximate surface area is 158 Å². The first-order chi connectivity index (χ1) is 12.0. The molecule has 1 N–H and O–H groups in total. The van der Waals surface area contributed by atoms with E-state index < -0.39 is 5.25 Å². The van der Waals surface area contributed by atoms with Gasteiger partial charge in [-0.25, -0.2) is 0 Å². The van der Waals surface area contributed by atoms with Crippen LogP contribution in [0.5, 0.6) is 0 Å². The van der Waals surface area contributed by atoms with Crippen LogP contribution in [0.2, 0.25) is 10.0 Å². The molecule has 0 radical (unpaired) electrons. The molecule has 0 bridgehead atoms. The van der Waals surface area contributed by atoms with Gasteiger partial charge in [0.25, 0.3) is 5.22 Å². The molecule has 25 heavy (non-hydrogen) atoms. The third kappa shape index (κ3) is 4.50. The maximum atomic E-state index is 12.3. The van der Waals surface area contributed by atoms with Crippen molar-refractivity contribution in [1.29, 1.82) is 0 Å². The predicted octanol–water partition coefficient (Wildman–Crippen LogP) is 4.56. The number of amides is 1. The van der Waals surface area contributed by atoms with Crippen LogP contribution in [0.3, 0.4) is 0 Å². The Kier molecular flexibility index (Phi) is 5.57. The number of thioether (sulfide) groups is 1. The standard InChI is InChI=1S/C16H12Cl2N4O2S/c1-9(14(23)20-13-8-11(17)2-3-12(13)18)25-16-22-21-15(24-16)10-4-6-19-7-5-10/h2-9H,1H3,(H,20,23). The van der Waals surface area contributed by atoms with Gasteiger partial charge in [0.2, 0.25) is 11.8 Å². The number of nitrogens with zero attached hydrogens (tertiary/aromatic N) is 3. The van der Waals surface area contributed by atoms with E-state index in [4.69, 9.17) is 27.6 Å². The molecule has 6 nitrogen and oxygen atoms in total. The largest absolute Gasteiger partial charge is 0.411 e. The van der Waals surface area contributed by atoms with Crippen LogP contribution in [0, 0.1) is 0 Å². The molecule has 1 amide bonds. The molecule has 2 aromatic heterocycles. The van der Waals surface area contributed by atoms with Crippen LogP contribution in [-0.2, 0) is 4.79 Å². The first-order valence-electron chi connectivity index (χ1n) is 7.19. The summed E-state index contributed by atoms with van der Waals surface area (Å²) in [6, 6.07) is 8.39. The normalized spacial score (nSPS) is 12.0. The summed E-state index contributed by atoms with van der Waals surface area (Å²) in [7, 11) is 0. The molecule has 0 saturated heterocycles. The number of aromatic nitrogens is 3. The van der Waals surface area contributed by atoms with Gasteiger partial charge < -0.3 is 9.73 Å². The zero-order chi connectivity index (χ0) is 17.8. The number of carbonyl (C=O) groups excluding carboxylic acids is 1. The topological polar surface area (TPSA) is 80.9 Å². The number of benzene rings is 1. The lowest BCUT2D eigenvalue weighted by atomic mass is 10.3. The van der Waals surface area contributed by atoms with Gasteiger partial charge in [0.05, 0.1) is 16.0 Å². The van der Waals surface area contributed by atoms with Crippen molar-refractivity contribution in [3.8, 4) is 11.5 Å². The molecule has 0 aliphatic carbocycles. The quantitative estimate of drug-likeness (QED) is 0.638. The van der Waals surface area contributed by atoms with Crippen LogP contribution in [0.15, 0.2) is 52.4 Å². The van der Waals surface area contributed by atoms with Gasteiger partial charge in [0, 0.05) is 23.0 Å². The summed E-state index contributed by atoms with van der Waals surface area (Å²) < 4.78 is 5.57. The highest BCUT2D eigenvalue weighted by molar-refractivity contribution is 8.00. The van der Waals surface area contributed by atoms with Gasteiger partial charge in [-0.2, -0.15) is 0 Å². The van der Waals surface area contributed by atoms with Crippen molar-refractivity contribution in [1.82, 2.24) is 15.2 Å². The van der Waals surface area contributed by atoms with E-state index in [1.807, 2.05) is 0 Å². The SMILES string of the molecule is CC(Sc1nnc(-c2ccncc2)o1)C(=O)Nc1cc(Cl)ccc1Cl. The smallest absolute Gasteiger partial charge is 0.277 e. The predicted molar refractivity (Wildman–Crippen MR) is 97.9 cm³/mol. The first-order valence-corrected chi connectivity index (χ1v) is 8.83. The highest BCUT2D eigenvalue weighted by atomic mass is 35.5. The fourth-order valence-corrected chi connectivity index (χ4v) is 2.92. The van der Waals surface area contributed by atoms with Crippen LogP contribution >= 0.6 is 35.0 Å². The first kappa shape index (κ1) is 17.7. The maximum Gasteiger partial charge on any atom is 0.277 e. The van der Waals surface area contributed by atoms with Gasteiger partial charge in [0.1, 0.15) is 0 Å². The van der Waals surface area contributed by atoms with Gasteiger partial charge in [-0.15, -0.1) is 10.2 Å². The third-order valence-electron chi connectivity index (χ3n) is 3.17. The van der Waals surface area contributed by atoms with Crippen LogP contribution in [0.4, 0.5) is 5.69 Å². The van der Waals surface area contributed by atoms with Crippen LogP contribution < -0.4 is 5.32 Å². The lowest BCUT2D eigenvalue weighted by molar-refractivity contribution is -0.115. The summed E-state index contributed by atoms with van der Waals surface area (Å²) in [6.07, 6.45) is 3.27. The van der Waals surface area contributed by atoms with Crippen LogP contribution in [0.1, 0.15) is 6.92 Å². The third-order valence-corrected chi connectivity index (χ3v) is 4.67. The Balaban J connectivity index is 1.66. The van der Waals surface area contributed by atoms with Crippen LogP contribution in [0.25, 0.3) is 11.5 Å². The van der Waals surface area contributed by atoms with Gasteiger partial charge >= 0.3 is 0 Å². The molecular formula is C16H12Cl2N4O2S. The molecule has 0 spiro atoms. The zero-order valence-electron chi connectivity index (χ0n) is 12.9. The number of pyridine rings is 1.